The summed E-state index contributed by atoms with van der Waals surface area (Å²) in [6, 6.07) is 8.69. The molecule has 1 saturated heterocycles. The van der Waals surface area contributed by atoms with Crippen LogP contribution in [-0.2, 0) is 25.4 Å². The van der Waals surface area contributed by atoms with E-state index < -0.39 is 0 Å². The molecule has 0 saturated carbocycles. The molecule has 4 rings (SSSR count). The molecule has 3 heterocycles. The maximum atomic E-state index is 5.94. The third-order valence-corrected chi connectivity index (χ3v) is 4.90. The van der Waals surface area contributed by atoms with E-state index >= 15 is 0 Å². The maximum absolute atomic E-state index is 5.94. The van der Waals surface area contributed by atoms with E-state index in [1.54, 1.807) is 0 Å². The quantitative estimate of drug-likeness (QED) is 0.800. The first-order chi connectivity index (χ1) is 11.7. The van der Waals surface area contributed by atoms with Gasteiger partial charge in [-0.3, -0.25) is 0 Å². The van der Waals surface area contributed by atoms with Crippen molar-refractivity contribution >= 4 is 11.0 Å². The second kappa shape index (κ2) is 6.37. The van der Waals surface area contributed by atoms with Gasteiger partial charge in [-0.2, -0.15) is 0 Å². The minimum Gasteiger partial charge on any atom is -0.372 e. The molecule has 1 aromatic carbocycles. The fraction of sp³-hybridized carbons (Fsp3) is 0.444. The summed E-state index contributed by atoms with van der Waals surface area (Å²) >= 11 is 0. The van der Waals surface area contributed by atoms with Crippen LogP contribution in [0.4, 0.5) is 0 Å². The van der Waals surface area contributed by atoms with E-state index in [0.29, 0.717) is 6.04 Å². The third-order valence-electron chi connectivity index (χ3n) is 4.90. The van der Waals surface area contributed by atoms with Crippen LogP contribution in [0.25, 0.3) is 11.0 Å². The molecule has 0 amide bonds. The van der Waals surface area contributed by atoms with Gasteiger partial charge in [0.15, 0.2) is 0 Å². The van der Waals surface area contributed by atoms with E-state index in [4.69, 9.17) is 9.72 Å². The van der Waals surface area contributed by atoms with E-state index in [0.717, 1.165) is 43.0 Å². The number of hydrogen-bond acceptors (Lipinski definition) is 4. The molecule has 0 radical (unpaired) electrons. The van der Waals surface area contributed by atoms with Gasteiger partial charge in [0.1, 0.15) is 11.9 Å². The number of aryl methyl sites for hydroxylation is 2. The number of para-hydroxylation sites is 2. The number of aromatic nitrogens is 4. The van der Waals surface area contributed by atoms with E-state index in [2.05, 4.69) is 40.1 Å². The number of nitrogens with one attached hydrogen (secondary N) is 1. The summed E-state index contributed by atoms with van der Waals surface area (Å²) in [5.74, 6) is 1.07. The molecule has 6 nitrogen and oxygen atoms in total. The molecule has 24 heavy (non-hydrogen) atoms. The highest BCUT2D eigenvalue weighted by Gasteiger charge is 2.25. The number of nitrogens with zero attached hydrogens (tertiary/aromatic N) is 4. The molecule has 1 fully saturated rings. The van der Waals surface area contributed by atoms with Crippen molar-refractivity contribution in [1.29, 1.82) is 0 Å². The lowest BCUT2D eigenvalue weighted by Gasteiger charge is -2.30. The smallest absolute Gasteiger partial charge is 0.123 e. The SMILES string of the molecule is Cn1cncc1C1CC(NCc2nc3ccccc3n2C)CCO1. The minimum absolute atomic E-state index is 0.115. The van der Waals surface area contributed by atoms with Gasteiger partial charge in [-0.15, -0.1) is 0 Å². The largest absolute Gasteiger partial charge is 0.372 e. The van der Waals surface area contributed by atoms with Crippen molar-refractivity contribution in [1.82, 2.24) is 24.4 Å². The van der Waals surface area contributed by atoms with Crippen LogP contribution in [-0.4, -0.2) is 31.8 Å². The highest BCUT2D eigenvalue weighted by Crippen LogP contribution is 2.27. The van der Waals surface area contributed by atoms with Crippen molar-refractivity contribution in [2.45, 2.75) is 31.5 Å². The third kappa shape index (κ3) is 2.83. The van der Waals surface area contributed by atoms with Gasteiger partial charge in [0, 0.05) is 26.7 Å². The summed E-state index contributed by atoms with van der Waals surface area (Å²) in [6.07, 6.45) is 5.83. The molecule has 1 N–H and O–H groups in total. The lowest BCUT2D eigenvalue weighted by molar-refractivity contribution is -0.00417. The van der Waals surface area contributed by atoms with Crippen molar-refractivity contribution in [3.8, 4) is 0 Å². The van der Waals surface area contributed by atoms with E-state index in [1.165, 1.54) is 5.52 Å². The van der Waals surface area contributed by atoms with Gasteiger partial charge >= 0.3 is 0 Å². The van der Waals surface area contributed by atoms with Crippen LogP contribution in [0.2, 0.25) is 0 Å². The molecule has 126 valence electrons. The highest BCUT2D eigenvalue weighted by molar-refractivity contribution is 5.75. The number of rotatable bonds is 4. The number of ether oxygens (including phenoxy) is 1. The molecule has 3 aromatic rings. The standard InChI is InChI=1S/C18H23N5O/c1-22-12-19-10-16(22)17-9-13(7-8-24-17)20-11-18-21-14-5-3-4-6-15(14)23(18)2/h3-6,10,12-13,17,20H,7-9,11H2,1-2H3. The monoisotopic (exact) mass is 325 g/mol. The van der Waals surface area contributed by atoms with Gasteiger partial charge < -0.3 is 19.2 Å². The Hall–Kier alpha value is -2.18. The van der Waals surface area contributed by atoms with E-state index in [9.17, 15) is 0 Å². The molecule has 0 bridgehead atoms. The Labute approximate surface area is 141 Å². The predicted molar refractivity (Wildman–Crippen MR) is 92.5 cm³/mol. The Morgan fingerprint density at radius 1 is 1.29 bits per heavy atom. The normalized spacial score (nSPS) is 21.4. The summed E-state index contributed by atoms with van der Waals surface area (Å²) in [5, 5.41) is 3.66. The summed E-state index contributed by atoms with van der Waals surface area (Å²) in [4.78, 5) is 8.94. The highest BCUT2D eigenvalue weighted by atomic mass is 16.5. The Bertz CT molecular complexity index is 837. The second-order valence-corrected chi connectivity index (χ2v) is 6.47. The van der Waals surface area contributed by atoms with Crippen molar-refractivity contribution in [3.63, 3.8) is 0 Å². The first-order valence-corrected chi connectivity index (χ1v) is 8.44. The van der Waals surface area contributed by atoms with Crippen LogP contribution >= 0.6 is 0 Å². The van der Waals surface area contributed by atoms with Crippen molar-refractivity contribution < 1.29 is 4.74 Å². The first-order valence-electron chi connectivity index (χ1n) is 8.44. The van der Waals surface area contributed by atoms with Crippen molar-refractivity contribution in [2.24, 2.45) is 14.1 Å². The molecule has 2 unspecified atom stereocenters. The van der Waals surface area contributed by atoms with Gasteiger partial charge in [0.05, 0.1) is 35.8 Å². The molecule has 6 heteroatoms. The van der Waals surface area contributed by atoms with Gasteiger partial charge in [-0.25, -0.2) is 9.97 Å². The van der Waals surface area contributed by atoms with Gasteiger partial charge in [-0.1, -0.05) is 12.1 Å². The molecule has 2 aromatic heterocycles. The summed E-state index contributed by atoms with van der Waals surface area (Å²) in [7, 11) is 4.09. The number of fused-ring (bicyclic) bond motifs is 1. The Morgan fingerprint density at radius 2 is 2.17 bits per heavy atom. The second-order valence-electron chi connectivity index (χ2n) is 6.47. The van der Waals surface area contributed by atoms with Crippen molar-refractivity contribution in [2.75, 3.05) is 6.61 Å². The Morgan fingerprint density at radius 3 is 2.96 bits per heavy atom. The summed E-state index contributed by atoms with van der Waals surface area (Å²) < 4.78 is 10.1. The van der Waals surface area contributed by atoms with Gasteiger partial charge in [0.2, 0.25) is 0 Å². The molecule has 0 spiro atoms. The van der Waals surface area contributed by atoms with Gasteiger partial charge in [-0.05, 0) is 25.0 Å². The zero-order valence-electron chi connectivity index (χ0n) is 14.1. The zero-order chi connectivity index (χ0) is 16.5. The van der Waals surface area contributed by atoms with Crippen LogP contribution in [0.5, 0.6) is 0 Å². The topological polar surface area (TPSA) is 56.9 Å². The molecule has 2 atom stereocenters. The summed E-state index contributed by atoms with van der Waals surface area (Å²) in [5.41, 5.74) is 3.37. The molecule has 0 aliphatic carbocycles. The van der Waals surface area contributed by atoms with Crippen LogP contribution in [0.1, 0.15) is 30.5 Å². The van der Waals surface area contributed by atoms with Crippen LogP contribution in [0.15, 0.2) is 36.8 Å². The van der Waals surface area contributed by atoms with Gasteiger partial charge in [0.25, 0.3) is 0 Å². The molecule has 1 aliphatic rings. The van der Waals surface area contributed by atoms with Crippen molar-refractivity contribution in [3.05, 3.63) is 48.3 Å². The maximum Gasteiger partial charge on any atom is 0.123 e. The first kappa shape index (κ1) is 15.4. The molecular weight excluding hydrogens is 302 g/mol. The van der Waals surface area contributed by atoms with Crippen LogP contribution in [0.3, 0.4) is 0 Å². The average Bonchev–Trinajstić information content (AvgIpc) is 3.17. The fourth-order valence-electron chi connectivity index (χ4n) is 3.46. The minimum atomic E-state index is 0.115. The summed E-state index contributed by atoms with van der Waals surface area (Å²) in [6.45, 7) is 1.55. The van der Waals surface area contributed by atoms with Crippen LogP contribution < -0.4 is 5.32 Å². The lowest BCUT2D eigenvalue weighted by atomic mass is 10.0. The average molecular weight is 325 g/mol. The number of hydrogen-bond donors (Lipinski definition) is 1. The Balaban J connectivity index is 1.43. The lowest BCUT2D eigenvalue weighted by Crippen LogP contribution is -2.36. The fourth-order valence-corrected chi connectivity index (χ4v) is 3.46. The number of benzene rings is 1. The molecule has 1 aliphatic heterocycles. The Kier molecular flexibility index (Phi) is 4.08. The van der Waals surface area contributed by atoms with E-state index in [1.807, 2.05) is 30.2 Å². The van der Waals surface area contributed by atoms with E-state index in [-0.39, 0.29) is 6.10 Å². The zero-order valence-corrected chi connectivity index (χ0v) is 14.1. The predicted octanol–water partition coefficient (Wildman–Crippen LogP) is 2.32. The molecular formula is C18H23N5O. The van der Waals surface area contributed by atoms with Crippen LogP contribution in [0, 0.1) is 0 Å². The number of imidazole rings is 2.